The van der Waals surface area contributed by atoms with Crippen LogP contribution in [0.25, 0.3) is 0 Å². The van der Waals surface area contributed by atoms with Crippen LogP contribution in [-0.4, -0.2) is 30.6 Å². The maximum atomic E-state index is 12.3. The molecular formula is C20H24N2O3. The van der Waals surface area contributed by atoms with E-state index < -0.39 is 0 Å². The summed E-state index contributed by atoms with van der Waals surface area (Å²) in [7, 11) is 1.75. The van der Waals surface area contributed by atoms with Crippen LogP contribution in [0.15, 0.2) is 48.5 Å². The first-order valence-electron chi connectivity index (χ1n) is 8.40. The quantitative estimate of drug-likeness (QED) is 0.806. The van der Waals surface area contributed by atoms with Crippen LogP contribution in [-0.2, 0) is 17.7 Å². The molecular weight excluding hydrogens is 316 g/mol. The first-order valence-corrected chi connectivity index (χ1v) is 8.40. The first-order chi connectivity index (χ1) is 12.0. The average molecular weight is 340 g/mol. The van der Waals surface area contributed by atoms with Crippen molar-refractivity contribution in [3.63, 3.8) is 0 Å². The number of amides is 2. The molecule has 5 heteroatoms. The number of rotatable bonds is 6. The summed E-state index contributed by atoms with van der Waals surface area (Å²) < 4.78 is 4.94. The number of benzene rings is 2. The van der Waals surface area contributed by atoms with E-state index in [-0.39, 0.29) is 12.0 Å². The van der Waals surface area contributed by atoms with Crippen LogP contribution < -0.4 is 5.32 Å². The van der Waals surface area contributed by atoms with Gasteiger partial charge in [-0.2, -0.15) is 0 Å². The molecule has 2 aromatic rings. The molecule has 0 unspecified atom stereocenters. The zero-order valence-corrected chi connectivity index (χ0v) is 14.9. The molecule has 132 valence electrons. The van der Waals surface area contributed by atoms with Crippen LogP contribution in [0.2, 0.25) is 0 Å². The highest BCUT2D eigenvalue weighted by Crippen LogP contribution is 2.13. The topological polar surface area (TPSA) is 58.6 Å². The van der Waals surface area contributed by atoms with Crippen molar-refractivity contribution in [2.75, 3.05) is 19.0 Å². The number of carbonyl (C=O) groups is 2. The minimum Gasteiger partial charge on any atom is -0.462 e. The van der Waals surface area contributed by atoms with E-state index in [2.05, 4.69) is 24.4 Å². The van der Waals surface area contributed by atoms with E-state index in [0.717, 1.165) is 12.0 Å². The summed E-state index contributed by atoms with van der Waals surface area (Å²) >= 11 is 0. The van der Waals surface area contributed by atoms with Gasteiger partial charge in [-0.05, 0) is 48.7 Å². The van der Waals surface area contributed by atoms with Crippen molar-refractivity contribution in [2.24, 2.45) is 0 Å². The Hall–Kier alpha value is -2.82. The number of nitrogens with zero attached hydrogens (tertiary/aromatic N) is 1. The van der Waals surface area contributed by atoms with Gasteiger partial charge in [-0.1, -0.05) is 31.2 Å². The molecule has 0 saturated heterocycles. The molecule has 0 aliphatic rings. The Labute approximate surface area is 148 Å². The Morgan fingerprint density at radius 3 is 2.12 bits per heavy atom. The number of aryl methyl sites for hydroxylation is 1. The van der Waals surface area contributed by atoms with E-state index in [4.69, 9.17) is 4.74 Å². The molecule has 0 aromatic heterocycles. The van der Waals surface area contributed by atoms with Gasteiger partial charge in [0.1, 0.15) is 0 Å². The van der Waals surface area contributed by atoms with Gasteiger partial charge in [-0.3, -0.25) is 0 Å². The molecule has 0 atom stereocenters. The number of hydrogen-bond acceptors (Lipinski definition) is 3. The molecule has 0 heterocycles. The Morgan fingerprint density at radius 2 is 1.56 bits per heavy atom. The van der Waals surface area contributed by atoms with E-state index in [1.165, 1.54) is 5.56 Å². The standard InChI is InChI=1S/C20H24N2O3/c1-4-15-6-8-16(9-7-15)14-22(3)20(24)21-18-12-10-17(11-13-18)19(23)25-5-2/h6-13H,4-5,14H2,1-3H3,(H,21,24). The van der Waals surface area contributed by atoms with Crippen molar-refractivity contribution in [2.45, 2.75) is 26.8 Å². The van der Waals surface area contributed by atoms with Gasteiger partial charge in [0.05, 0.1) is 12.2 Å². The lowest BCUT2D eigenvalue weighted by Gasteiger charge is -2.18. The molecule has 0 spiro atoms. The number of esters is 1. The van der Waals surface area contributed by atoms with E-state index >= 15 is 0 Å². The molecule has 0 fully saturated rings. The molecule has 2 aromatic carbocycles. The molecule has 0 bridgehead atoms. The highest BCUT2D eigenvalue weighted by atomic mass is 16.5. The van der Waals surface area contributed by atoms with Crippen LogP contribution in [0.5, 0.6) is 0 Å². The zero-order chi connectivity index (χ0) is 18.2. The predicted octanol–water partition coefficient (Wildman–Crippen LogP) is 4.09. The fourth-order valence-electron chi connectivity index (χ4n) is 2.35. The molecule has 0 saturated carbocycles. The number of hydrogen-bond donors (Lipinski definition) is 1. The van der Waals surface area contributed by atoms with Gasteiger partial charge in [-0.25, -0.2) is 9.59 Å². The second-order valence-corrected chi connectivity index (χ2v) is 5.75. The van der Waals surface area contributed by atoms with Crippen LogP contribution >= 0.6 is 0 Å². The van der Waals surface area contributed by atoms with Crippen molar-refractivity contribution in [1.82, 2.24) is 4.90 Å². The second-order valence-electron chi connectivity index (χ2n) is 5.75. The van der Waals surface area contributed by atoms with Gasteiger partial charge in [-0.15, -0.1) is 0 Å². The molecule has 0 aliphatic heterocycles. The van der Waals surface area contributed by atoms with Crippen molar-refractivity contribution >= 4 is 17.7 Å². The van der Waals surface area contributed by atoms with Gasteiger partial charge < -0.3 is 15.0 Å². The highest BCUT2D eigenvalue weighted by Gasteiger charge is 2.11. The minimum atomic E-state index is -0.368. The summed E-state index contributed by atoms with van der Waals surface area (Å²) in [5.41, 5.74) is 3.44. The maximum Gasteiger partial charge on any atom is 0.338 e. The normalized spacial score (nSPS) is 10.2. The van der Waals surface area contributed by atoms with Crippen LogP contribution in [0, 0.1) is 0 Å². The smallest absolute Gasteiger partial charge is 0.338 e. The SMILES string of the molecule is CCOC(=O)c1ccc(NC(=O)N(C)Cc2ccc(CC)cc2)cc1. The van der Waals surface area contributed by atoms with Crippen LogP contribution in [0.1, 0.15) is 35.3 Å². The van der Waals surface area contributed by atoms with Crippen molar-refractivity contribution < 1.29 is 14.3 Å². The minimum absolute atomic E-state index is 0.205. The summed E-state index contributed by atoms with van der Waals surface area (Å²) in [6, 6.07) is 14.7. The van der Waals surface area contributed by atoms with Gasteiger partial charge in [0.2, 0.25) is 0 Å². The largest absolute Gasteiger partial charge is 0.462 e. The molecule has 0 aliphatic carbocycles. The van der Waals surface area contributed by atoms with Crippen molar-refractivity contribution in [3.8, 4) is 0 Å². The number of nitrogens with one attached hydrogen (secondary N) is 1. The van der Waals surface area contributed by atoms with Gasteiger partial charge in [0.15, 0.2) is 0 Å². The predicted molar refractivity (Wildman–Crippen MR) is 98.7 cm³/mol. The third-order valence-corrected chi connectivity index (χ3v) is 3.84. The summed E-state index contributed by atoms with van der Waals surface area (Å²) in [4.78, 5) is 25.5. The van der Waals surface area contributed by atoms with Crippen molar-refractivity contribution in [3.05, 3.63) is 65.2 Å². The molecule has 2 amide bonds. The number of urea groups is 1. The Bertz CT molecular complexity index is 709. The second kappa shape index (κ2) is 8.87. The van der Waals surface area contributed by atoms with Gasteiger partial charge in [0, 0.05) is 19.3 Å². The number of ether oxygens (including phenoxy) is 1. The van der Waals surface area contributed by atoms with E-state index in [1.54, 1.807) is 43.1 Å². The molecule has 1 N–H and O–H groups in total. The summed E-state index contributed by atoms with van der Waals surface area (Å²) in [5, 5.41) is 2.82. The summed E-state index contributed by atoms with van der Waals surface area (Å²) in [6.07, 6.45) is 0.998. The summed E-state index contributed by atoms with van der Waals surface area (Å²) in [6.45, 7) is 4.73. The lowest BCUT2D eigenvalue weighted by molar-refractivity contribution is 0.0526. The van der Waals surface area contributed by atoms with Crippen LogP contribution in [0.3, 0.4) is 0 Å². The number of carbonyl (C=O) groups excluding carboxylic acids is 2. The van der Waals surface area contributed by atoms with Gasteiger partial charge in [0.25, 0.3) is 0 Å². The van der Waals surface area contributed by atoms with E-state index in [1.807, 2.05) is 12.1 Å². The summed E-state index contributed by atoms with van der Waals surface area (Å²) in [5.74, 6) is -0.368. The molecule has 5 nitrogen and oxygen atoms in total. The lowest BCUT2D eigenvalue weighted by Crippen LogP contribution is -2.30. The Kier molecular flexibility index (Phi) is 6.57. The fourth-order valence-corrected chi connectivity index (χ4v) is 2.35. The fraction of sp³-hybridized carbons (Fsp3) is 0.300. The maximum absolute atomic E-state index is 12.3. The third-order valence-electron chi connectivity index (χ3n) is 3.84. The molecule has 0 radical (unpaired) electrons. The van der Waals surface area contributed by atoms with E-state index in [9.17, 15) is 9.59 Å². The molecule has 25 heavy (non-hydrogen) atoms. The van der Waals surface area contributed by atoms with Crippen molar-refractivity contribution in [1.29, 1.82) is 0 Å². The Balaban J connectivity index is 1.92. The molecule has 2 rings (SSSR count). The highest BCUT2D eigenvalue weighted by molar-refractivity contribution is 5.92. The average Bonchev–Trinajstić information content (AvgIpc) is 2.63. The number of anilines is 1. The van der Waals surface area contributed by atoms with Gasteiger partial charge >= 0.3 is 12.0 Å². The monoisotopic (exact) mass is 340 g/mol. The zero-order valence-electron chi connectivity index (χ0n) is 14.9. The third kappa shape index (κ3) is 5.35. The lowest BCUT2D eigenvalue weighted by atomic mass is 10.1. The van der Waals surface area contributed by atoms with E-state index in [0.29, 0.717) is 24.4 Å². The first kappa shape index (κ1) is 18.5. The van der Waals surface area contributed by atoms with Crippen LogP contribution in [0.4, 0.5) is 10.5 Å². The Morgan fingerprint density at radius 1 is 0.960 bits per heavy atom.